The van der Waals surface area contributed by atoms with E-state index in [1.54, 1.807) is 0 Å². The number of alkyl halides is 1. The second-order valence-electron chi connectivity index (χ2n) is 4.63. The van der Waals surface area contributed by atoms with E-state index in [2.05, 4.69) is 32.6 Å². The minimum Gasteiger partial charge on any atom is -0.296 e. The Morgan fingerprint density at radius 2 is 1.86 bits per heavy atom. The molecule has 1 fully saturated rings. The average Bonchev–Trinajstić information content (AvgIpc) is 2.59. The molecule has 0 bridgehead atoms. The molecule has 0 aromatic heterocycles. The van der Waals surface area contributed by atoms with Gasteiger partial charge in [0.1, 0.15) is 0 Å². The van der Waals surface area contributed by atoms with Gasteiger partial charge in [-0.2, -0.15) is 0 Å². The van der Waals surface area contributed by atoms with E-state index >= 15 is 0 Å². The van der Waals surface area contributed by atoms with Crippen molar-refractivity contribution in [1.82, 2.24) is 4.90 Å². The van der Waals surface area contributed by atoms with E-state index in [-0.39, 0.29) is 10.4 Å². The second kappa shape index (κ2) is 4.40. The lowest BCUT2D eigenvalue weighted by Crippen LogP contribution is -2.55. The molecular formula is C12H24ClN. The van der Waals surface area contributed by atoms with Gasteiger partial charge >= 0.3 is 0 Å². The zero-order chi connectivity index (χ0) is 10.8. The van der Waals surface area contributed by atoms with Gasteiger partial charge in [-0.25, -0.2) is 0 Å². The van der Waals surface area contributed by atoms with Gasteiger partial charge in [-0.3, -0.25) is 4.90 Å². The van der Waals surface area contributed by atoms with Crippen LogP contribution in [0.2, 0.25) is 0 Å². The summed E-state index contributed by atoms with van der Waals surface area (Å²) in [5.74, 6) is 0. The van der Waals surface area contributed by atoms with Crippen LogP contribution in [-0.2, 0) is 0 Å². The van der Waals surface area contributed by atoms with E-state index in [4.69, 9.17) is 11.6 Å². The molecule has 0 radical (unpaired) electrons. The number of nitrogens with zero attached hydrogens (tertiary/aromatic N) is 1. The third kappa shape index (κ3) is 1.69. The van der Waals surface area contributed by atoms with E-state index in [0.717, 1.165) is 19.4 Å². The fraction of sp³-hybridized carbons (Fsp3) is 1.00. The van der Waals surface area contributed by atoms with Gasteiger partial charge in [-0.15, -0.1) is 11.6 Å². The number of halogens is 1. The Kier molecular flexibility index (Phi) is 3.87. The number of hydrogen-bond acceptors (Lipinski definition) is 1. The summed E-state index contributed by atoms with van der Waals surface area (Å²) < 4.78 is 0. The fourth-order valence-corrected chi connectivity index (χ4v) is 3.26. The lowest BCUT2D eigenvalue weighted by Gasteiger charge is -2.47. The molecule has 1 aliphatic rings. The molecule has 1 aliphatic heterocycles. The Morgan fingerprint density at radius 3 is 2.29 bits per heavy atom. The van der Waals surface area contributed by atoms with E-state index in [0.29, 0.717) is 0 Å². The molecular weight excluding hydrogens is 194 g/mol. The molecule has 1 nitrogen and oxygen atoms in total. The molecule has 0 amide bonds. The predicted molar refractivity (Wildman–Crippen MR) is 64.1 cm³/mol. The van der Waals surface area contributed by atoms with Crippen molar-refractivity contribution >= 4 is 11.6 Å². The third-order valence-electron chi connectivity index (χ3n) is 4.26. The predicted octanol–water partition coefficient (Wildman–Crippen LogP) is 3.66. The highest BCUT2D eigenvalue weighted by molar-refractivity contribution is 6.24. The lowest BCUT2D eigenvalue weighted by molar-refractivity contribution is 0.106. The Labute approximate surface area is 93.8 Å². The molecule has 1 unspecified atom stereocenters. The topological polar surface area (TPSA) is 3.24 Å². The summed E-state index contributed by atoms with van der Waals surface area (Å²) in [7, 11) is 0. The maximum absolute atomic E-state index is 6.79. The Bertz CT molecular complexity index is 189. The van der Waals surface area contributed by atoms with Crippen molar-refractivity contribution in [3.8, 4) is 0 Å². The van der Waals surface area contributed by atoms with Crippen molar-refractivity contribution in [3.05, 3.63) is 0 Å². The van der Waals surface area contributed by atoms with Crippen LogP contribution in [0.4, 0.5) is 0 Å². The zero-order valence-corrected chi connectivity index (χ0v) is 10.8. The van der Waals surface area contributed by atoms with Gasteiger partial charge in [-0.05, 0) is 45.7 Å². The van der Waals surface area contributed by atoms with Crippen LogP contribution in [0.15, 0.2) is 0 Å². The van der Waals surface area contributed by atoms with Gasteiger partial charge in [0.25, 0.3) is 0 Å². The standard InChI is InChI=1S/C12H24ClN/c1-5-12(13,6-2)11(4)9-8-10-14(11)7-3/h5-10H2,1-4H3. The molecule has 1 saturated heterocycles. The Hall–Kier alpha value is 0.250. The minimum atomic E-state index is -0.0283. The highest BCUT2D eigenvalue weighted by atomic mass is 35.5. The van der Waals surface area contributed by atoms with E-state index in [9.17, 15) is 0 Å². The normalized spacial score (nSPS) is 29.8. The summed E-state index contributed by atoms with van der Waals surface area (Å²) in [4.78, 5) is 2.53. The summed E-state index contributed by atoms with van der Waals surface area (Å²) in [5, 5.41) is 0. The molecule has 14 heavy (non-hydrogen) atoms. The quantitative estimate of drug-likeness (QED) is 0.650. The van der Waals surface area contributed by atoms with Crippen LogP contribution in [0.3, 0.4) is 0 Å². The first-order chi connectivity index (χ1) is 6.54. The molecule has 0 N–H and O–H groups in total. The zero-order valence-electron chi connectivity index (χ0n) is 10.1. The van der Waals surface area contributed by atoms with Crippen molar-refractivity contribution < 1.29 is 0 Å². The molecule has 0 spiro atoms. The van der Waals surface area contributed by atoms with E-state index < -0.39 is 0 Å². The summed E-state index contributed by atoms with van der Waals surface area (Å²) in [6, 6.07) is 0. The average molecular weight is 218 g/mol. The molecule has 0 aliphatic carbocycles. The van der Waals surface area contributed by atoms with Crippen LogP contribution in [0.5, 0.6) is 0 Å². The number of hydrogen-bond donors (Lipinski definition) is 0. The maximum Gasteiger partial charge on any atom is 0.0622 e. The van der Waals surface area contributed by atoms with Crippen molar-refractivity contribution in [3.63, 3.8) is 0 Å². The van der Waals surface area contributed by atoms with Gasteiger partial charge in [0.15, 0.2) is 0 Å². The van der Waals surface area contributed by atoms with Crippen molar-refractivity contribution in [2.24, 2.45) is 0 Å². The van der Waals surface area contributed by atoms with Gasteiger partial charge in [0, 0.05) is 5.54 Å². The Morgan fingerprint density at radius 1 is 1.29 bits per heavy atom. The molecule has 0 aromatic carbocycles. The summed E-state index contributed by atoms with van der Waals surface area (Å²) in [6.07, 6.45) is 4.70. The van der Waals surface area contributed by atoms with Crippen LogP contribution < -0.4 is 0 Å². The van der Waals surface area contributed by atoms with Crippen LogP contribution in [-0.4, -0.2) is 28.4 Å². The SMILES string of the molecule is CCN1CCCC1(C)C(Cl)(CC)CC. The number of rotatable bonds is 4. The highest BCUT2D eigenvalue weighted by Crippen LogP contribution is 2.45. The molecule has 1 atom stereocenters. The third-order valence-corrected chi connectivity index (χ3v) is 5.20. The molecule has 0 aromatic rings. The fourth-order valence-electron chi connectivity index (χ4n) is 3.05. The van der Waals surface area contributed by atoms with E-state index in [1.165, 1.54) is 19.4 Å². The van der Waals surface area contributed by atoms with Gasteiger partial charge in [0.2, 0.25) is 0 Å². The largest absolute Gasteiger partial charge is 0.296 e. The van der Waals surface area contributed by atoms with Crippen LogP contribution in [0.25, 0.3) is 0 Å². The molecule has 2 heteroatoms. The minimum absolute atomic E-state index is 0.0283. The first-order valence-corrected chi connectivity index (χ1v) is 6.35. The molecule has 1 heterocycles. The van der Waals surface area contributed by atoms with Crippen molar-refractivity contribution in [2.75, 3.05) is 13.1 Å². The Balaban J connectivity index is 2.91. The number of likely N-dealkylation sites (tertiary alicyclic amines) is 1. The van der Waals surface area contributed by atoms with Crippen LogP contribution in [0, 0.1) is 0 Å². The molecule has 84 valence electrons. The molecule has 0 saturated carbocycles. The van der Waals surface area contributed by atoms with Gasteiger partial charge < -0.3 is 0 Å². The second-order valence-corrected chi connectivity index (χ2v) is 5.35. The first-order valence-electron chi connectivity index (χ1n) is 5.98. The highest BCUT2D eigenvalue weighted by Gasteiger charge is 2.49. The lowest BCUT2D eigenvalue weighted by atomic mass is 9.79. The van der Waals surface area contributed by atoms with E-state index in [1.807, 2.05) is 0 Å². The van der Waals surface area contributed by atoms with Crippen LogP contribution >= 0.6 is 11.6 Å². The summed E-state index contributed by atoms with van der Waals surface area (Å²) in [5.41, 5.74) is 0.215. The van der Waals surface area contributed by atoms with Gasteiger partial charge in [0.05, 0.1) is 4.87 Å². The summed E-state index contributed by atoms with van der Waals surface area (Å²) >= 11 is 6.79. The monoisotopic (exact) mass is 217 g/mol. The summed E-state index contributed by atoms with van der Waals surface area (Å²) in [6.45, 7) is 11.4. The van der Waals surface area contributed by atoms with Crippen molar-refractivity contribution in [1.29, 1.82) is 0 Å². The smallest absolute Gasteiger partial charge is 0.0622 e. The maximum atomic E-state index is 6.79. The van der Waals surface area contributed by atoms with Crippen molar-refractivity contribution in [2.45, 2.75) is 63.8 Å². The van der Waals surface area contributed by atoms with Crippen LogP contribution in [0.1, 0.15) is 53.4 Å². The molecule has 1 rings (SSSR count). The van der Waals surface area contributed by atoms with Gasteiger partial charge in [-0.1, -0.05) is 20.8 Å². The first kappa shape index (κ1) is 12.3.